The average Bonchev–Trinajstić information content (AvgIpc) is 2.71. The van der Waals surface area contributed by atoms with E-state index in [0.717, 1.165) is 11.3 Å². The molecular formula is C22H23F3N6O. The Morgan fingerprint density at radius 2 is 1.88 bits per heavy atom. The summed E-state index contributed by atoms with van der Waals surface area (Å²) in [5.41, 5.74) is 4.08. The van der Waals surface area contributed by atoms with E-state index < -0.39 is 12.1 Å². The van der Waals surface area contributed by atoms with Gasteiger partial charge in [0.2, 0.25) is 5.95 Å². The minimum atomic E-state index is -4.18. The van der Waals surface area contributed by atoms with E-state index in [-0.39, 0.29) is 24.9 Å². The van der Waals surface area contributed by atoms with Crippen molar-refractivity contribution in [1.29, 1.82) is 0 Å². The smallest absolute Gasteiger partial charge is 0.370 e. The maximum absolute atomic E-state index is 13.1. The Morgan fingerprint density at radius 3 is 2.62 bits per heavy atom. The minimum Gasteiger partial charge on any atom is -0.370 e. The molecule has 1 unspecified atom stereocenters. The molecule has 2 aliphatic rings. The summed E-state index contributed by atoms with van der Waals surface area (Å²) in [4.78, 5) is 24.5. The minimum absolute atomic E-state index is 0.0205. The van der Waals surface area contributed by atoms with Crippen LogP contribution in [0.5, 0.6) is 0 Å². The van der Waals surface area contributed by atoms with Gasteiger partial charge in [-0.15, -0.1) is 0 Å². The topological polar surface area (TPSA) is 76.9 Å². The summed E-state index contributed by atoms with van der Waals surface area (Å²) >= 11 is 0. The van der Waals surface area contributed by atoms with E-state index in [2.05, 4.69) is 19.9 Å². The summed E-state index contributed by atoms with van der Waals surface area (Å²) in [6, 6.07) is 3.91. The van der Waals surface area contributed by atoms with Gasteiger partial charge in [-0.3, -0.25) is 4.98 Å². The maximum Gasteiger partial charge on any atom is 0.391 e. The Kier molecular flexibility index (Phi) is 5.19. The van der Waals surface area contributed by atoms with E-state index in [4.69, 9.17) is 9.72 Å². The zero-order valence-electron chi connectivity index (χ0n) is 17.8. The molecule has 2 fully saturated rings. The summed E-state index contributed by atoms with van der Waals surface area (Å²) < 4.78 is 45.2. The Labute approximate surface area is 183 Å². The molecule has 168 valence electrons. The quantitative estimate of drug-likeness (QED) is 0.603. The number of rotatable bonds is 3. The Hall–Kier alpha value is -2.88. The van der Waals surface area contributed by atoms with Crippen LogP contribution in [0.15, 0.2) is 24.5 Å². The molecule has 1 saturated heterocycles. The average molecular weight is 444 g/mol. The molecule has 3 aromatic heterocycles. The van der Waals surface area contributed by atoms with Gasteiger partial charge in [0.1, 0.15) is 11.6 Å². The lowest BCUT2D eigenvalue weighted by atomic mass is 9.72. The Balaban J connectivity index is 1.47. The highest BCUT2D eigenvalue weighted by molar-refractivity contribution is 5.74. The molecule has 1 saturated carbocycles. The van der Waals surface area contributed by atoms with Crippen LogP contribution in [0, 0.1) is 19.8 Å². The number of hydrogen-bond donors (Lipinski definition) is 0. The molecule has 3 aromatic rings. The third-order valence-electron chi connectivity index (χ3n) is 6.17. The van der Waals surface area contributed by atoms with Crippen molar-refractivity contribution < 1.29 is 17.9 Å². The number of nitrogens with zero attached hydrogens (tertiary/aromatic N) is 6. The van der Waals surface area contributed by atoms with Gasteiger partial charge in [0, 0.05) is 30.6 Å². The second-order valence-electron chi connectivity index (χ2n) is 8.54. The third-order valence-corrected chi connectivity index (χ3v) is 6.17. The van der Waals surface area contributed by atoms with Crippen LogP contribution in [-0.2, 0) is 4.74 Å². The van der Waals surface area contributed by atoms with Crippen LogP contribution < -0.4 is 4.90 Å². The maximum atomic E-state index is 13.1. The standard InChI is InChI=1S/C22H23F3N6O/c1-12-7-14(3-4-26-12)17-11-31(5-6-32-17)21-29-18(15-8-16(9-15)22(23,24)25)19-20(30-21)28-13(2)10-27-19/h3-4,7,10,15-17H,5-6,8-9,11H2,1-2H3. The fraction of sp³-hybridized carbons (Fsp3) is 0.500. The molecular weight excluding hydrogens is 421 g/mol. The first-order valence-corrected chi connectivity index (χ1v) is 10.6. The van der Waals surface area contributed by atoms with Crippen molar-refractivity contribution in [3.63, 3.8) is 0 Å². The van der Waals surface area contributed by atoms with E-state index in [1.165, 1.54) is 0 Å². The molecule has 0 spiro atoms. The first-order valence-electron chi connectivity index (χ1n) is 10.6. The van der Waals surface area contributed by atoms with Gasteiger partial charge in [0.05, 0.1) is 30.5 Å². The second kappa shape index (κ2) is 7.91. The second-order valence-corrected chi connectivity index (χ2v) is 8.54. The lowest BCUT2D eigenvalue weighted by Gasteiger charge is -2.37. The van der Waals surface area contributed by atoms with E-state index in [0.29, 0.717) is 48.2 Å². The summed E-state index contributed by atoms with van der Waals surface area (Å²) in [5.74, 6) is -1.13. The molecule has 0 amide bonds. The number of pyridine rings is 1. The van der Waals surface area contributed by atoms with E-state index >= 15 is 0 Å². The summed E-state index contributed by atoms with van der Waals surface area (Å²) in [6.45, 7) is 5.34. The normalized spacial score (nSPS) is 23.9. The molecule has 0 N–H and O–H groups in total. The Bertz CT molecular complexity index is 1150. The molecule has 0 aromatic carbocycles. The first-order chi connectivity index (χ1) is 15.3. The highest BCUT2D eigenvalue weighted by Crippen LogP contribution is 2.50. The first kappa shape index (κ1) is 21.0. The van der Waals surface area contributed by atoms with Gasteiger partial charge in [0.25, 0.3) is 0 Å². The molecule has 4 heterocycles. The summed E-state index contributed by atoms with van der Waals surface area (Å²) in [7, 11) is 0. The van der Waals surface area contributed by atoms with Crippen LogP contribution >= 0.6 is 0 Å². The monoisotopic (exact) mass is 444 g/mol. The zero-order chi connectivity index (χ0) is 22.5. The van der Waals surface area contributed by atoms with Crippen molar-refractivity contribution in [2.24, 2.45) is 5.92 Å². The van der Waals surface area contributed by atoms with Crippen molar-refractivity contribution >= 4 is 17.1 Å². The van der Waals surface area contributed by atoms with Gasteiger partial charge in [-0.25, -0.2) is 15.0 Å². The number of halogens is 3. The largest absolute Gasteiger partial charge is 0.391 e. The van der Waals surface area contributed by atoms with E-state index in [1.54, 1.807) is 12.4 Å². The molecule has 1 aliphatic heterocycles. The zero-order valence-corrected chi connectivity index (χ0v) is 17.8. The molecule has 0 bridgehead atoms. The number of morpholine rings is 1. The van der Waals surface area contributed by atoms with Gasteiger partial charge in [-0.2, -0.15) is 18.2 Å². The lowest BCUT2D eigenvalue weighted by molar-refractivity contribution is -0.197. The van der Waals surface area contributed by atoms with Gasteiger partial charge in [0.15, 0.2) is 5.65 Å². The Morgan fingerprint density at radius 1 is 1.06 bits per heavy atom. The van der Waals surface area contributed by atoms with Crippen molar-refractivity contribution in [1.82, 2.24) is 24.9 Å². The van der Waals surface area contributed by atoms with Gasteiger partial charge >= 0.3 is 6.18 Å². The molecule has 1 atom stereocenters. The summed E-state index contributed by atoms with van der Waals surface area (Å²) in [6.07, 6.45) is -0.950. The van der Waals surface area contributed by atoms with Crippen molar-refractivity contribution in [2.45, 2.75) is 44.9 Å². The van der Waals surface area contributed by atoms with Crippen LogP contribution in [0.3, 0.4) is 0 Å². The van der Waals surface area contributed by atoms with Crippen LogP contribution in [-0.4, -0.2) is 50.8 Å². The molecule has 1 aliphatic carbocycles. The van der Waals surface area contributed by atoms with Crippen molar-refractivity contribution in [3.8, 4) is 0 Å². The molecule has 10 heteroatoms. The summed E-state index contributed by atoms with van der Waals surface area (Å²) in [5, 5.41) is 0. The fourth-order valence-electron chi connectivity index (χ4n) is 4.34. The number of hydrogen-bond acceptors (Lipinski definition) is 7. The highest BCUT2D eigenvalue weighted by atomic mass is 19.4. The number of aromatic nitrogens is 5. The van der Waals surface area contributed by atoms with Crippen molar-refractivity contribution in [3.05, 3.63) is 47.2 Å². The fourth-order valence-corrected chi connectivity index (χ4v) is 4.34. The van der Waals surface area contributed by atoms with Crippen LogP contribution in [0.25, 0.3) is 11.2 Å². The van der Waals surface area contributed by atoms with E-state index in [9.17, 15) is 13.2 Å². The molecule has 0 radical (unpaired) electrons. The highest BCUT2D eigenvalue weighted by Gasteiger charge is 2.49. The number of fused-ring (bicyclic) bond motifs is 1. The number of anilines is 1. The molecule has 32 heavy (non-hydrogen) atoms. The van der Waals surface area contributed by atoms with Crippen LogP contribution in [0.4, 0.5) is 19.1 Å². The SMILES string of the molecule is Cc1cc(C2CN(c3nc(C4CC(C(F)(F)F)C4)c4ncc(C)nc4n3)CCO2)ccn1. The molecule has 5 rings (SSSR count). The predicted octanol–water partition coefficient (Wildman–Crippen LogP) is 4.07. The number of aryl methyl sites for hydroxylation is 2. The van der Waals surface area contributed by atoms with E-state index in [1.807, 2.05) is 30.9 Å². The van der Waals surface area contributed by atoms with Crippen LogP contribution in [0.2, 0.25) is 0 Å². The number of alkyl halides is 3. The van der Waals surface area contributed by atoms with Gasteiger partial charge in [-0.1, -0.05) is 0 Å². The van der Waals surface area contributed by atoms with Gasteiger partial charge < -0.3 is 9.64 Å². The predicted molar refractivity (Wildman–Crippen MR) is 111 cm³/mol. The third kappa shape index (κ3) is 3.99. The molecule has 7 nitrogen and oxygen atoms in total. The van der Waals surface area contributed by atoms with Crippen molar-refractivity contribution in [2.75, 3.05) is 24.6 Å². The van der Waals surface area contributed by atoms with Gasteiger partial charge in [-0.05, 0) is 44.4 Å². The lowest BCUT2D eigenvalue weighted by Crippen LogP contribution is -2.40. The number of ether oxygens (including phenoxy) is 1. The van der Waals surface area contributed by atoms with Crippen LogP contribution in [0.1, 0.15) is 47.5 Å².